The number of hydrogen-bond donors (Lipinski definition) is 1. The first-order valence-electron chi connectivity index (χ1n) is 9.79. The van der Waals surface area contributed by atoms with E-state index in [1.807, 2.05) is 19.1 Å². The fourth-order valence-electron chi connectivity index (χ4n) is 4.94. The average molecular weight is 356 g/mol. The van der Waals surface area contributed by atoms with Gasteiger partial charge in [0.1, 0.15) is 0 Å². The quantitative estimate of drug-likeness (QED) is 0.600. The summed E-state index contributed by atoms with van der Waals surface area (Å²) >= 11 is 0. The molecule has 3 aliphatic rings. The zero-order chi connectivity index (χ0) is 18.0. The molecule has 0 unspecified atom stereocenters. The number of nitrogens with zero attached hydrogens (tertiary/aromatic N) is 3. The van der Waals surface area contributed by atoms with Gasteiger partial charge in [-0.1, -0.05) is 12.2 Å². The van der Waals surface area contributed by atoms with Gasteiger partial charge >= 0.3 is 0 Å². The molecule has 0 radical (unpaired) electrons. The summed E-state index contributed by atoms with van der Waals surface area (Å²) in [5.41, 5.74) is -0.0643. The van der Waals surface area contributed by atoms with Crippen molar-refractivity contribution in [2.45, 2.75) is 50.7 Å². The van der Waals surface area contributed by atoms with Crippen molar-refractivity contribution in [2.24, 2.45) is 11.8 Å². The summed E-state index contributed by atoms with van der Waals surface area (Å²) in [7, 11) is 0. The highest BCUT2D eigenvalue weighted by atomic mass is 16.5. The van der Waals surface area contributed by atoms with Crippen LogP contribution >= 0.6 is 0 Å². The minimum Gasteiger partial charge on any atom is -0.369 e. The molecule has 6 nitrogen and oxygen atoms in total. The third-order valence-corrected chi connectivity index (χ3v) is 6.16. The van der Waals surface area contributed by atoms with Crippen molar-refractivity contribution in [1.29, 1.82) is 0 Å². The predicted octanol–water partition coefficient (Wildman–Crippen LogP) is 2.32. The van der Waals surface area contributed by atoms with Crippen LogP contribution in [0.1, 0.15) is 39.0 Å². The van der Waals surface area contributed by atoms with Gasteiger partial charge in [0.05, 0.1) is 18.2 Å². The minimum atomic E-state index is -0.0643. The molecule has 4 heterocycles. The van der Waals surface area contributed by atoms with Gasteiger partial charge in [-0.15, -0.1) is 0 Å². The number of anilines is 1. The molecule has 0 aromatic carbocycles. The van der Waals surface area contributed by atoms with E-state index in [4.69, 9.17) is 4.74 Å². The Kier molecular flexibility index (Phi) is 4.94. The molecule has 26 heavy (non-hydrogen) atoms. The third-order valence-electron chi connectivity index (χ3n) is 6.16. The Hall–Kier alpha value is -1.95. The van der Waals surface area contributed by atoms with Gasteiger partial charge in [-0.05, 0) is 38.7 Å². The van der Waals surface area contributed by atoms with Gasteiger partial charge in [-0.25, -0.2) is 9.97 Å². The SMILES string of the molecule is C/C=C/CCCC(=O)NC[C@H]1[C@H]2CN(c3ncccn3)C[C@]23CC[C@H]1O3. The molecule has 1 spiro atoms. The maximum absolute atomic E-state index is 12.1. The van der Waals surface area contributed by atoms with E-state index >= 15 is 0 Å². The fourth-order valence-corrected chi connectivity index (χ4v) is 4.94. The van der Waals surface area contributed by atoms with E-state index < -0.39 is 0 Å². The molecule has 1 aromatic rings. The number of allylic oxidation sites excluding steroid dienone is 2. The van der Waals surface area contributed by atoms with Crippen molar-refractivity contribution in [3.63, 3.8) is 0 Å². The summed E-state index contributed by atoms with van der Waals surface area (Å²) < 4.78 is 6.44. The van der Waals surface area contributed by atoms with Crippen LogP contribution in [-0.4, -0.2) is 47.2 Å². The highest BCUT2D eigenvalue weighted by molar-refractivity contribution is 5.75. The molecule has 0 aliphatic carbocycles. The molecule has 3 fully saturated rings. The van der Waals surface area contributed by atoms with Crippen molar-refractivity contribution in [3.8, 4) is 0 Å². The van der Waals surface area contributed by atoms with Crippen LogP contribution in [0.5, 0.6) is 0 Å². The fraction of sp³-hybridized carbons (Fsp3) is 0.650. The highest BCUT2D eigenvalue weighted by Gasteiger charge is 2.63. The second-order valence-electron chi connectivity index (χ2n) is 7.72. The van der Waals surface area contributed by atoms with E-state index in [-0.39, 0.29) is 11.5 Å². The van der Waals surface area contributed by atoms with Crippen LogP contribution < -0.4 is 10.2 Å². The standard InChI is InChI=1S/C20H28N4O2/c1-2-3-4-5-7-18(25)23-12-15-16-13-24(19-21-10-6-11-22-19)14-20(16)9-8-17(15)26-20/h2-3,6,10-11,15-17H,4-5,7-9,12-14H2,1H3,(H,23,25)/b3-2+/t15-,16+,17+,20+/m0/s1. The highest BCUT2D eigenvalue weighted by Crippen LogP contribution is 2.54. The zero-order valence-corrected chi connectivity index (χ0v) is 15.4. The summed E-state index contributed by atoms with van der Waals surface area (Å²) in [4.78, 5) is 23.2. The maximum atomic E-state index is 12.1. The van der Waals surface area contributed by atoms with Gasteiger partial charge in [-0.2, -0.15) is 0 Å². The van der Waals surface area contributed by atoms with Gasteiger partial charge in [-0.3, -0.25) is 4.79 Å². The molecular weight excluding hydrogens is 328 g/mol. The summed E-state index contributed by atoms with van der Waals surface area (Å²) in [5.74, 6) is 1.80. The zero-order valence-electron chi connectivity index (χ0n) is 15.4. The van der Waals surface area contributed by atoms with Crippen molar-refractivity contribution < 1.29 is 9.53 Å². The van der Waals surface area contributed by atoms with Gasteiger partial charge in [0, 0.05) is 43.7 Å². The van der Waals surface area contributed by atoms with Crippen LogP contribution in [-0.2, 0) is 9.53 Å². The number of unbranched alkanes of at least 4 members (excludes halogenated alkanes) is 1. The first-order chi connectivity index (χ1) is 12.7. The smallest absolute Gasteiger partial charge is 0.225 e. The molecule has 2 bridgehead atoms. The van der Waals surface area contributed by atoms with E-state index in [1.54, 1.807) is 12.4 Å². The van der Waals surface area contributed by atoms with Crippen molar-refractivity contribution in [1.82, 2.24) is 15.3 Å². The molecule has 3 saturated heterocycles. The Morgan fingerprint density at radius 3 is 3.12 bits per heavy atom. The first kappa shape index (κ1) is 17.5. The van der Waals surface area contributed by atoms with Crippen molar-refractivity contribution in [2.75, 3.05) is 24.5 Å². The lowest BCUT2D eigenvalue weighted by atomic mass is 9.73. The molecular formula is C20H28N4O2. The van der Waals surface area contributed by atoms with Crippen LogP contribution in [0.3, 0.4) is 0 Å². The lowest BCUT2D eigenvalue weighted by molar-refractivity contribution is -0.121. The Labute approximate surface area is 155 Å². The number of aromatic nitrogens is 2. The number of fused-ring (bicyclic) bond motifs is 1. The van der Waals surface area contributed by atoms with E-state index in [9.17, 15) is 4.79 Å². The van der Waals surface area contributed by atoms with Crippen LogP contribution in [0.2, 0.25) is 0 Å². The maximum Gasteiger partial charge on any atom is 0.225 e. The summed E-state index contributed by atoms with van der Waals surface area (Å²) in [6, 6.07) is 1.84. The average Bonchev–Trinajstić information content (AvgIpc) is 3.33. The summed E-state index contributed by atoms with van der Waals surface area (Å²) in [6.45, 7) is 4.52. The Balaban J connectivity index is 1.34. The van der Waals surface area contributed by atoms with Gasteiger partial charge < -0.3 is 15.0 Å². The molecule has 140 valence electrons. The number of amides is 1. The molecule has 1 N–H and O–H groups in total. The predicted molar refractivity (Wildman–Crippen MR) is 99.7 cm³/mol. The minimum absolute atomic E-state index is 0.0643. The largest absolute Gasteiger partial charge is 0.369 e. The van der Waals surface area contributed by atoms with Gasteiger partial charge in [0.2, 0.25) is 11.9 Å². The topological polar surface area (TPSA) is 67.4 Å². The number of carbonyl (C=O) groups excluding carboxylic acids is 1. The van der Waals surface area contributed by atoms with Crippen LogP contribution in [0.4, 0.5) is 5.95 Å². The van der Waals surface area contributed by atoms with Crippen molar-refractivity contribution >= 4 is 11.9 Å². The van der Waals surface area contributed by atoms with Crippen molar-refractivity contribution in [3.05, 3.63) is 30.6 Å². The van der Waals surface area contributed by atoms with Gasteiger partial charge in [0.15, 0.2) is 0 Å². The van der Waals surface area contributed by atoms with Crippen LogP contribution in [0.25, 0.3) is 0 Å². The molecule has 1 amide bonds. The molecule has 0 saturated carbocycles. The van der Waals surface area contributed by atoms with Crippen LogP contribution in [0, 0.1) is 11.8 Å². The van der Waals surface area contributed by atoms with E-state index in [1.165, 1.54) is 0 Å². The van der Waals surface area contributed by atoms with Gasteiger partial charge in [0.25, 0.3) is 0 Å². The van der Waals surface area contributed by atoms with E-state index in [0.29, 0.717) is 24.4 Å². The van der Waals surface area contributed by atoms with E-state index in [0.717, 1.165) is 51.3 Å². The Morgan fingerprint density at radius 1 is 1.46 bits per heavy atom. The molecule has 1 aromatic heterocycles. The van der Waals surface area contributed by atoms with Crippen LogP contribution in [0.15, 0.2) is 30.6 Å². The number of nitrogens with one attached hydrogen (secondary N) is 1. The normalized spacial score (nSPS) is 32.3. The third kappa shape index (κ3) is 3.22. The Morgan fingerprint density at radius 2 is 2.31 bits per heavy atom. The monoisotopic (exact) mass is 356 g/mol. The number of carbonyl (C=O) groups is 1. The Bertz CT molecular complexity index is 665. The first-order valence-corrected chi connectivity index (χ1v) is 9.79. The number of hydrogen-bond acceptors (Lipinski definition) is 5. The lowest BCUT2D eigenvalue weighted by Crippen LogP contribution is -2.41. The number of rotatable bonds is 7. The van der Waals surface area contributed by atoms with E-state index in [2.05, 4.69) is 26.3 Å². The number of ether oxygens (including phenoxy) is 1. The summed E-state index contributed by atoms with van der Waals surface area (Å²) in [5, 5.41) is 3.16. The molecule has 6 heteroatoms. The second kappa shape index (κ2) is 7.35. The molecule has 3 aliphatic heterocycles. The second-order valence-corrected chi connectivity index (χ2v) is 7.72. The molecule has 4 rings (SSSR count). The molecule has 4 atom stereocenters. The lowest BCUT2D eigenvalue weighted by Gasteiger charge is -2.29. The summed E-state index contributed by atoms with van der Waals surface area (Å²) in [6.07, 6.45) is 12.7.